The van der Waals surface area contributed by atoms with E-state index >= 15 is 0 Å². The molecule has 1 aromatic heterocycles. The van der Waals surface area contributed by atoms with E-state index in [1.54, 1.807) is 11.3 Å². The predicted molar refractivity (Wildman–Crippen MR) is 80.0 cm³/mol. The summed E-state index contributed by atoms with van der Waals surface area (Å²) in [4.78, 5) is 14.7. The van der Waals surface area contributed by atoms with Crippen LogP contribution in [0.25, 0.3) is 0 Å². The number of nitrogens with one attached hydrogen (secondary N) is 1. The first-order chi connectivity index (χ1) is 9.22. The number of hydrogen-bond acceptors (Lipinski definition) is 3. The summed E-state index contributed by atoms with van der Waals surface area (Å²) >= 11 is 1.79. The Morgan fingerprint density at radius 1 is 1.32 bits per heavy atom. The molecule has 2 rings (SSSR count). The third-order valence-electron chi connectivity index (χ3n) is 4.05. The maximum Gasteiger partial charge on any atom is 0.223 e. The van der Waals surface area contributed by atoms with Crippen LogP contribution >= 0.6 is 11.3 Å². The zero-order valence-electron chi connectivity index (χ0n) is 11.7. The fraction of sp³-hybridized carbons (Fsp3) is 0.667. The van der Waals surface area contributed by atoms with E-state index in [9.17, 15) is 4.79 Å². The first kappa shape index (κ1) is 14.5. The minimum atomic E-state index is 0.202. The Labute approximate surface area is 119 Å². The van der Waals surface area contributed by atoms with Crippen molar-refractivity contribution in [2.45, 2.75) is 45.6 Å². The Morgan fingerprint density at radius 3 is 2.58 bits per heavy atom. The van der Waals surface area contributed by atoms with Crippen molar-refractivity contribution < 1.29 is 4.79 Å². The summed E-state index contributed by atoms with van der Waals surface area (Å²) in [5.41, 5.74) is 5.68. The minimum Gasteiger partial charge on any atom is -0.351 e. The molecule has 1 saturated carbocycles. The molecule has 19 heavy (non-hydrogen) atoms. The number of aryl methyl sites for hydroxylation is 1. The zero-order valence-corrected chi connectivity index (χ0v) is 12.5. The molecule has 0 atom stereocenters. The van der Waals surface area contributed by atoms with E-state index in [0.717, 1.165) is 38.6 Å². The van der Waals surface area contributed by atoms with Gasteiger partial charge >= 0.3 is 0 Å². The van der Waals surface area contributed by atoms with Crippen LogP contribution < -0.4 is 11.1 Å². The molecule has 0 aliphatic heterocycles. The van der Waals surface area contributed by atoms with Crippen LogP contribution in [0.15, 0.2) is 12.1 Å². The summed E-state index contributed by atoms with van der Waals surface area (Å²) in [7, 11) is 0. The van der Waals surface area contributed by atoms with Crippen LogP contribution in [0.2, 0.25) is 0 Å². The largest absolute Gasteiger partial charge is 0.351 e. The van der Waals surface area contributed by atoms with E-state index in [0.29, 0.717) is 12.5 Å². The van der Waals surface area contributed by atoms with Gasteiger partial charge in [0, 0.05) is 15.7 Å². The third kappa shape index (κ3) is 4.05. The van der Waals surface area contributed by atoms with Crippen LogP contribution in [0.5, 0.6) is 0 Å². The molecule has 1 aromatic rings. The second-order valence-corrected chi connectivity index (χ2v) is 6.65. The molecule has 0 bridgehead atoms. The number of thiophene rings is 1. The molecular weight excluding hydrogens is 256 g/mol. The van der Waals surface area contributed by atoms with Crippen LogP contribution in [0.1, 0.15) is 42.4 Å². The van der Waals surface area contributed by atoms with Gasteiger partial charge in [0.2, 0.25) is 5.91 Å². The molecule has 3 nitrogen and oxygen atoms in total. The second-order valence-electron chi connectivity index (χ2n) is 5.39. The zero-order chi connectivity index (χ0) is 13.7. The van der Waals surface area contributed by atoms with Crippen molar-refractivity contribution in [3.63, 3.8) is 0 Å². The predicted octanol–water partition coefficient (Wildman–Crippen LogP) is 2.69. The lowest BCUT2D eigenvalue weighted by Crippen LogP contribution is -2.33. The fourth-order valence-electron chi connectivity index (χ4n) is 2.69. The van der Waals surface area contributed by atoms with E-state index < -0.39 is 0 Å². The second kappa shape index (κ2) is 7.06. The summed E-state index contributed by atoms with van der Waals surface area (Å²) in [6.07, 6.45) is 5.28. The van der Waals surface area contributed by atoms with E-state index in [2.05, 4.69) is 24.4 Å². The summed E-state index contributed by atoms with van der Waals surface area (Å²) in [6, 6.07) is 4.27. The van der Waals surface area contributed by atoms with Gasteiger partial charge in [0.15, 0.2) is 0 Å². The summed E-state index contributed by atoms with van der Waals surface area (Å²) in [5, 5.41) is 3.08. The highest BCUT2D eigenvalue weighted by Crippen LogP contribution is 2.28. The van der Waals surface area contributed by atoms with Crippen LogP contribution in [-0.4, -0.2) is 12.5 Å². The highest BCUT2D eigenvalue weighted by Gasteiger charge is 2.25. The van der Waals surface area contributed by atoms with Gasteiger partial charge in [-0.3, -0.25) is 4.79 Å². The van der Waals surface area contributed by atoms with Crippen LogP contribution in [-0.2, 0) is 17.8 Å². The molecule has 0 saturated heterocycles. The quantitative estimate of drug-likeness (QED) is 0.871. The van der Waals surface area contributed by atoms with Gasteiger partial charge in [0.05, 0.1) is 6.54 Å². The smallest absolute Gasteiger partial charge is 0.223 e. The van der Waals surface area contributed by atoms with Crippen LogP contribution in [0, 0.1) is 11.8 Å². The van der Waals surface area contributed by atoms with E-state index in [-0.39, 0.29) is 11.8 Å². The molecule has 106 valence electrons. The maximum atomic E-state index is 12.1. The summed E-state index contributed by atoms with van der Waals surface area (Å²) < 4.78 is 0. The van der Waals surface area contributed by atoms with E-state index in [1.807, 2.05) is 0 Å². The minimum absolute atomic E-state index is 0.202. The maximum absolute atomic E-state index is 12.1. The van der Waals surface area contributed by atoms with Gasteiger partial charge in [0.25, 0.3) is 0 Å². The molecule has 1 amide bonds. The van der Waals surface area contributed by atoms with Gasteiger partial charge in [-0.15, -0.1) is 11.3 Å². The normalized spacial score (nSPS) is 23.3. The van der Waals surface area contributed by atoms with Crippen LogP contribution in [0.4, 0.5) is 0 Å². The molecule has 0 spiro atoms. The molecule has 3 N–H and O–H groups in total. The van der Waals surface area contributed by atoms with Gasteiger partial charge in [-0.2, -0.15) is 0 Å². The third-order valence-corrected chi connectivity index (χ3v) is 5.28. The first-order valence-corrected chi connectivity index (χ1v) is 8.10. The number of amides is 1. The number of rotatable bonds is 5. The standard InChI is InChI=1S/C15H24N2OS/c1-2-13-7-8-14(19-13)10-17-15(18)12-5-3-11(9-16)4-6-12/h7-8,11-12H,2-6,9-10,16H2,1H3,(H,17,18). The molecule has 1 aliphatic carbocycles. The molecule has 0 radical (unpaired) electrons. The molecule has 1 aliphatic rings. The number of carbonyl (C=O) groups is 1. The molecule has 4 heteroatoms. The lowest BCUT2D eigenvalue weighted by molar-refractivity contribution is -0.126. The topological polar surface area (TPSA) is 55.1 Å². The van der Waals surface area contributed by atoms with Crippen molar-refractivity contribution in [3.8, 4) is 0 Å². The van der Waals surface area contributed by atoms with Crippen molar-refractivity contribution in [1.82, 2.24) is 5.32 Å². The highest BCUT2D eigenvalue weighted by atomic mass is 32.1. The van der Waals surface area contributed by atoms with E-state index in [1.165, 1.54) is 9.75 Å². The first-order valence-electron chi connectivity index (χ1n) is 7.28. The molecular formula is C15H24N2OS. The van der Waals surface area contributed by atoms with Crippen molar-refractivity contribution in [2.24, 2.45) is 17.6 Å². The van der Waals surface area contributed by atoms with Crippen molar-refractivity contribution in [1.29, 1.82) is 0 Å². The fourth-order valence-corrected chi connectivity index (χ4v) is 3.58. The average Bonchev–Trinajstić information content (AvgIpc) is 2.93. The Bertz CT molecular complexity index is 408. The Morgan fingerprint density at radius 2 is 2.00 bits per heavy atom. The van der Waals surface area contributed by atoms with E-state index in [4.69, 9.17) is 5.73 Å². The number of nitrogens with two attached hydrogens (primary N) is 1. The Balaban J connectivity index is 1.75. The molecule has 0 unspecified atom stereocenters. The highest BCUT2D eigenvalue weighted by molar-refractivity contribution is 7.11. The lowest BCUT2D eigenvalue weighted by Gasteiger charge is -2.26. The van der Waals surface area contributed by atoms with Gasteiger partial charge in [-0.25, -0.2) is 0 Å². The Kier molecular flexibility index (Phi) is 5.40. The van der Waals surface area contributed by atoms with Crippen molar-refractivity contribution in [2.75, 3.05) is 6.54 Å². The number of carbonyl (C=O) groups excluding carboxylic acids is 1. The lowest BCUT2D eigenvalue weighted by atomic mass is 9.81. The Hall–Kier alpha value is -0.870. The van der Waals surface area contributed by atoms with Crippen molar-refractivity contribution in [3.05, 3.63) is 21.9 Å². The van der Waals surface area contributed by atoms with Gasteiger partial charge in [0.1, 0.15) is 0 Å². The molecule has 0 aromatic carbocycles. The van der Waals surface area contributed by atoms with Crippen molar-refractivity contribution >= 4 is 17.2 Å². The molecule has 1 heterocycles. The monoisotopic (exact) mass is 280 g/mol. The van der Waals surface area contributed by atoms with Gasteiger partial charge in [-0.05, 0) is 56.7 Å². The number of hydrogen-bond donors (Lipinski definition) is 2. The summed E-state index contributed by atoms with van der Waals surface area (Å²) in [5.74, 6) is 1.06. The van der Waals surface area contributed by atoms with Gasteiger partial charge in [-0.1, -0.05) is 6.92 Å². The average molecular weight is 280 g/mol. The summed E-state index contributed by atoms with van der Waals surface area (Å²) in [6.45, 7) is 3.60. The van der Waals surface area contributed by atoms with Gasteiger partial charge < -0.3 is 11.1 Å². The molecule has 1 fully saturated rings. The SMILES string of the molecule is CCc1ccc(CNC(=O)C2CCC(CN)CC2)s1. The van der Waals surface area contributed by atoms with Crippen LogP contribution in [0.3, 0.4) is 0 Å².